The summed E-state index contributed by atoms with van der Waals surface area (Å²) in [6.45, 7) is 1.86. The van der Waals surface area contributed by atoms with Crippen molar-refractivity contribution in [3.8, 4) is 0 Å². The fourth-order valence-electron chi connectivity index (χ4n) is 3.76. The molecule has 0 aromatic heterocycles. The molecule has 7 N–H and O–H groups in total. The second kappa shape index (κ2) is 19.7. The van der Waals surface area contributed by atoms with Crippen LogP contribution in [0.3, 0.4) is 0 Å². The molecular formula is C28H46N2O3. The summed E-state index contributed by atoms with van der Waals surface area (Å²) in [7, 11) is 0. The summed E-state index contributed by atoms with van der Waals surface area (Å²) in [6.07, 6.45) is 10.6. The van der Waals surface area contributed by atoms with Crippen molar-refractivity contribution in [2.45, 2.75) is 76.7 Å². The Kier molecular flexibility index (Phi) is 17.5. The molecule has 0 saturated carbocycles. The van der Waals surface area contributed by atoms with Gasteiger partial charge in [0.15, 0.2) is 0 Å². The molecule has 5 nitrogen and oxygen atoms in total. The van der Waals surface area contributed by atoms with E-state index in [-0.39, 0.29) is 6.61 Å². The molecule has 0 saturated heterocycles. The average molecular weight is 459 g/mol. The maximum absolute atomic E-state index is 9.84. The van der Waals surface area contributed by atoms with Crippen molar-refractivity contribution in [3.63, 3.8) is 0 Å². The van der Waals surface area contributed by atoms with E-state index < -0.39 is 6.10 Å². The fourth-order valence-corrected chi connectivity index (χ4v) is 3.76. The Labute approximate surface area is 200 Å². The lowest BCUT2D eigenvalue weighted by Crippen LogP contribution is -2.06. The van der Waals surface area contributed by atoms with Crippen molar-refractivity contribution in [1.29, 1.82) is 0 Å². The van der Waals surface area contributed by atoms with Gasteiger partial charge in [0.05, 0.1) is 6.10 Å². The fraction of sp³-hybridized carbons (Fsp3) is 0.571. The Morgan fingerprint density at radius 3 is 1.64 bits per heavy atom. The molecule has 5 heteroatoms. The third-order valence-electron chi connectivity index (χ3n) is 5.68. The minimum absolute atomic E-state index is 0.273. The van der Waals surface area contributed by atoms with Crippen LogP contribution in [-0.2, 0) is 19.3 Å². The zero-order valence-corrected chi connectivity index (χ0v) is 20.3. The van der Waals surface area contributed by atoms with Gasteiger partial charge in [-0.3, -0.25) is 0 Å². The largest absolute Gasteiger partial charge is 0.396 e. The third kappa shape index (κ3) is 14.2. The maximum atomic E-state index is 9.84. The molecule has 0 amide bonds. The summed E-state index contributed by atoms with van der Waals surface area (Å²) >= 11 is 0. The predicted octanol–water partition coefficient (Wildman–Crippen LogP) is 4.06. The van der Waals surface area contributed by atoms with Gasteiger partial charge in [0.1, 0.15) is 0 Å². The van der Waals surface area contributed by atoms with Gasteiger partial charge in [-0.2, -0.15) is 0 Å². The Morgan fingerprint density at radius 1 is 0.606 bits per heavy atom. The highest BCUT2D eigenvalue weighted by atomic mass is 16.3. The van der Waals surface area contributed by atoms with E-state index in [1.807, 2.05) is 12.1 Å². The molecule has 33 heavy (non-hydrogen) atoms. The van der Waals surface area contributed by atoms with Crippen LogP contribution in [-0.4, -0.2) is 41.6 Å². The van der Waals surface area contributed by atoms with E-state index in [1.54, 1.807) is 0 Å². The van der Waals surface area contributed by atoms with E-state index in [9.17, 15) is 5.11 Å². The van der Waals surface area contributed by atoms with Gasteiger partial charge in [-0.05, 0) is 93.1 Å². The molecule has 0 bridgehead atoms. The number of hydrogen-bond acceptors (Lipinski definition) is 5. The number of aliphatic hydroxyl groups excluding tert-OH is 3. The summed E-state index contributed by atoms with van der Waals surface area (Å²) in [5, 5.41) is 27.2. The smallest absolute Gasteiger partial charge is 0.0802 e. The van der Waals surface area contributed by atoms with E-state index in [2.05, 4.69) is 36.4 Å². The van der Waals surface area contributed by atoms with Gasteiger partial charge in [0.2, 0.25) is 0 Å². The molecule has 0 aliphatic carbocycles. The van der Waals surface area contributed by atoms with E-state index in [0.29, 0.717) is 19.6 Å². The quantitative estimate of drug-likeness (QED) is 0.244. The lowest BCUT2D eigenvalue weighted by atomic mass is 10.0. The van der Waals surface area contributed by atoms with Crippen molar-refractivity contribution >= 4 is 0 Å². The van der Waals surface area contributed by atoms with Crippen LogP contribution in [0.1, 0.15) is 79.7 Å². The van der Waals surface area contributed by atoms with Crippen LogP contribution >= 0.6 is 0 Å². The van der Waals surface area contributed by atoms with E-state index in [0.717, 1.165) is 69.9 Å². The summed E-state index contributed by atoms with van der Waals surface area (Å²) in [6, 6.07) is 16.8. The molecule has 0 fully saturated rings. The summed E-state index contributed by atoms with van der Waals surface area (Å²) in [5.41, 5.74) is 15.9. The Balaban J connectivity index is 0.000000331. The van der Waals surface area contributed by atoms with Gasteiger partial charge < -0.3 is 26.8 Å². The first-order chi connectivity index (χ1) is 16.1. The lowest BCUT2D eigenvalue weighted by Gasteiger charge is -2.11. The highest BCUT2D eigenvalue weighted by Crippen LogP contribution is 2.18. The summed E-state index contributed by atoms with van der Waals surface area (Å²) in [5.74, 6) is 0. The van der Waals surface area contributed by atoms with Gasteiger partial charge in [-0.15, -0.1) is 0 Å². The van der Waals surface area contributed by atoms with E-state index in [4.69, 9.17) is 21.7 Å². The molecule has 2 aromatic rings. The first kappa shape index (κ1) is 29.3. The molecule has 186 valence electrons. The normalized spacial score (nSPS) is 11.7. The summed E-state index contributed by atoms with van der Waals surface area (Å²) < 4.78 is 0. The second-order valence-electron chi connectivity index (χ2n) is 8.62. The predicted molar refractivity (Wildman–Crippen MR) is 138 cm³/mol. The number of benzene rings is 2. The van der Waals surface area contributed by atoms with Crippen LogP contribution in [0.2, 0.25) is 0 Å². The van der Waals surface area contributed by atoms with Crippen LogP contribution in [0.25, 0.3) is 0 Å². The summed E-state index contributed by atoms with van der Waals surface area (Å²) in [4.78, 5) is 0. The van der Waals surface area contributed by atoms with Crippen molar-refractivity contribution < 1.29 is 15.3 Å². The molecule has 0 spiro atoms. The van der Waals surface area contributed by atoms with Gasteiger partial charge in [-0.25, -0.2) is 0 Å². The Hall–Kier alpha value is -1.76. The first-order valence-electron chi connectivity index (χ1n) is 12.6. The van der Waals surface area contributed by atoms with Gasteiger partial charge in [0, 0.05) is 13.2 Å². The maximum Gasteiger partial charge on any atom is 0.0802 e. The molecule has 0 aliphatic heterocycles. The van der Waals surface area contributed by atoms with E-state index >= 15 is 0 Å². The molecule has 0 heterocycles. The Bertz CT molecular complexity index is 724. The number of nitrogens with two attached hydrogens (primary N) is 2. The van der Waals surface area contributed by atoms with Gasteiger partial charge >= 0.3 is 0 Å². The minimum Gasteiger partial charge on any atom is -0.396 e. The molecule has 2 rings (SSSR count). The van der Waals surface area contributed by atoms with Crippen molar-refractivity contribution in [2.24, 2.45) is 11.5 Å². The molecule has 2 aromatic carbocycles. The molecular weight excluding hydrogens is 412 g/mol. The van der Waals surface area contributed by atoms with Crippen LogP contribution in [0.5, 0.6) is 0 Å². The van der Waals surface area contributed by atoms with Gasteiger partial charge in [0.25, 0.3) is 0 Å². The highest BCUT2D eigenvalue weighted by molar-refractivity contribution is 5.25. The number of aliphatic hydroxyl groups is 3. The number of rotatable bonds is 16. The standard InChI is InChI=1S/C14H23NO2.C14H23NO/c15-9-8-14(17)13-7-4-6-12(11-13)5-2-1-3-10-16;15-10-5-9-14-8-4-7-13(12-14)6-2-1-3-11-16/h4,6-7,11,14,16-17H,1-3,5,8-10,15H2;4,7-8,12,16H,1-3,5-6,9-11,15H2. The van der Waals surface area contributed by atoms with Crippen molar-refractivity contribution in [2.75, 3.05) is 26.3 Å². The second-order valence-corrected chi connectivity index (χ2v) is 8.62. The van der Waals surface area contributed by atoms with Crippen molar-refractivity contribution in [1.82, 2.24) is 0 Å². The molecule has 1 atom stereocenters. The van der Waals surface area contributed by atoms with Crippen molar-refractivity contribution in [3.05, 3.63) is 70.8 Å². The van der Waals surface area contributed by atoms with Crippen LogP contribution in [0, 0.1) is 0 Å². The van der Waals surface area contributed by atoms with E-state index in [1.165, 1.54) is 23.1 Å². The number of aryl methyl sites for hydroxylation is 3. The lowest BCUT2D eigenvalue weighted by molar-refractivity contribution is 0.170. The highest BCUT2D eigenvalue weighted by Gasteiger charge is 2.06. The van der Waals surface area contributed by atoms with Crippen LogP contribution < -0.4 is 11.5 Å². The average Bonchev–Trinajstić information content (AvgIpc) is 2.84. The SMILES string of the molecule is NCCC(O)c1cccc(CCCCCO)c1.NCCCc1cccc(CCCCCO)c1. The zero-order valence-electron chi connectivity index (χ0n) is 20.3. The first-order valence-corrected chi connectivity index (χ1v) is 12.6. The monoisotopic (exact) mass is 458 g/mol. The van der Waals surface area contributed by atoms with Crippen LogP contribution in [0.15, 0.2) is 48.5 Å². The molecule has 0 radical (unpaired) electrons. The minimum atomic E-state index is -0.447. The Morgan fingerprint density at radius 2 is 1.12 bits per heavy atom. The number of hydrogen-bond donors (Lipinski definition) is 5. The molecule has 1 unspecified atom stereocenters. The third-order valence-corrected chi connectivity index (χ3v) is 5.68. The molecule has 0 aliphatic rings. The number of unbranched alkanes of at least 4 members (excludes halogenated alkanes) is 4. The van der Waals surface area contributed by atoms with Gasteiger partial charge in [-0.1, -0.05) is 61.4 Å². The van der Waals surface area contributed by atoms with Crippen LogP contribution in [0.4, 0.5) is 0 Å². The topological polar surface area (TPSA) is 113 Å². The zero-order chi connectivity index (χ0) is 24.2.